The van der Waals surface area contributed by atoms with Crippen LogP contribution in [-0.4, -0.2) is 0 Å². The van der Waals surface area contributed by atoms with Gasteiger partial charge in [0.15, 0.2) is 0 Å². The summed E-state index contributed by atoms with van der Waals surface area (Å²) in [6.45, 7) is 4.56. The van der Waals surface area contributed by atoms with E-state index in [1.165, 1.54) is 91.1 Å². The highest BCUT2D eigenvalue weighted by molar-refractivity contribution is 7.26. The molecule has 8 aromatic carbocycles. The minimum absolute atomic E-state index is 0.527. The summed E-state index contributed by atoms with van der Waals surface area (Å²) in [6.07, 6.45) is 0. The highest BCUT2D eigenvalue weighted by Crippen LogP contribution is 2.44. The maximum Gasteiger partial charge on any atom is 0.0367 e. The first kappa shape index (κ1) is 23.9. The lowest BCUT2D eigenvalue weighted by molar-refractivity contribution is 0.870. The molecule has 0 aliphatic rings. The van der Waals surface area contributed by atoms with Crippen LogP contribution in [0, 0.1) is 0 Å². The quantitative estimate of drug-likeness (QED) is 0.191. The lowest BCUT2D eigenvalue weighted by Gasteiger charge is -2.12. The van der Waals surface area contributed by atoms with Crippen LogP contribution in [0.1, 0.15) is 25.3 Å². The Hall–Kier alpha value is -4.72. The molecule has 0 aliphatic carbocycles. The van der Waals surface area contributed by atoms with Gasteiger partial charge in [-0.2, -0.15) is 0 Å². The zero-order valence-corrected chi connectivity index (χ0v) is 24.4. The molecule has 0 amide bonds. The third kappa shape index (κ3) is 3.54. The van der Waals surface area contributed by atoms with Crippen molar-refractivity contribution in [1.29, 1.82) is 0 Å². The van der Waals surface area contributed by atoms with Crippen LogP contribution >= 0.6 is 11.3 Å². The molecular weight excluding hydrogens is 525 g/mol. The van der Waals surface area contributed by atoms with E-state index < -0.39 is 0 Å². The fourth-order valence-corrected chi connectivity index (χ4v) is 8.20. The predicted octanol–water partition coefficient (Wildman–Crippen LogP) is 12.6. The van der Waals surface area contributed by atoms with Gasteiger partial charge in [0, 0.05) is 20.2 Å². The predicted molar refractivity (Wildman–Crippen MR) is 186 cm³/mol. The van der Waals surface area contributed by atoms with Gasteiger partial charge in [-0.1, -0.05) is 105 Å². The monoisotopic (exact) mass is 552 g/mol. The van der Waals surface area contributed by atoms with Gasteiger partial charge in [0.25, 0.3) is 0 Å². The maximum atomic E-state index is 2.41. The molecular formula is C41H28S. The molecule has 0 aliphatic heterocycles. The summed E-state index contributed by atoms with van der Waals surface area (Å²) in [5, 5.41) is 13.3. The van der Waals surface area contributed by atoms with Crippen LogP contribution in [-0.2, 0) is 0 Å². The van der Waals surface area contributed by atoms with Gasteiger partial charge in [-0.15, -0.1) is 11.3 Å². The second-order valence-electron chi connectivity index (χ2n) is 12.0. The molecule has 9 rings (SSSR count). The van der Waals surface area contributed by atoms with Crippen LogP contribution < -0.4 is 0 Å². The lowest BCUT2D eigenvalue weighted by atomic mass is 9.91. The Morgan fingerprint density at radius 3 is 1.81 bits per heavy atom. The fourth-order valence-electron chi connectivity index (χ4n) is 6.94. The highest BCUT2D eigenvalue weighted by Gasteiger charge is 2.15. The zero-order valence-electron chi connectivity index (χ0n) is 23.6. The second-order valence-corrected chi connectivity index (χ2v) is 13.1. The Balaban J connectivity index is 1.17. The molecule has 42 heavy (non-hydrogen) atoms. The van der Waals surface area contributed by atoms with E-state index in [0.717, 1.165) is 0 Å². The number of fused-ring (bicyclic) bond motifs is 4. The van der Waals surface area contributed by atoms with E-state index in [2.05, 4.69) is 141 Å². The van der Waals surface area contributed by atoms with Gasteiger partial charge in [0.2, 0.25) is 0 Å². The van der Waals surface area contributed by atoms with Gasteiger partial charge < -0.3 is 0 Å². The average molecular weight is 553 g/mol. The zero-order chi connectivity index (χ0) is 27.9. The Kier molecular flexibility index (Phi) is 5.06. The van der Waals surface area contributed by atoms with Crippen LogP contribution in [0.15, 0.2) is 127 Å². The number of benzene rings is 8. The molecule has 0 saturated carbocycles. The smallest absolute Gasteiger partial charge is 0.0367 e. The molecule has 0 N–H and O–H groups in total. The van der Waals surface area contributed by atoms with Crippen molar-refractivity contribution in [2.24, 2.45) is 0 Å². The standard InChI is InChI=1S/C41H28S/c1-24(2)32-19-30-15-16-31-20-33(23-39-41(31)40(30)38(22-32)42-39)27-12-11-26-18-29(14-13-25(26)17-27)37-21-28-7-3-4-8-34(28)35-9-5-6-10-36(35)37/h3-24H,1-2H3. The van der Waals surface area contributed by atoms with Gasteiger partial charge in [-0.25, -0.2) is 0 Å². The van der Waals surface area contributed by atoms with Crippen LogP contribution in [0.25, 0.3) is 85.5 Å². The number of thiophene rings is 1. The maximum absolute atomic E-state index is 2.41. The fraction of sp³-hybridized carbons (Fsp3) is 0.0732. The number of hydrogen-bond donors (Lipinski definition) is 0. The molecule has 0 nitrogen and oxygen atoms in total. The van der Waals surface area contributed by atoms with Crippen LogP contribution in [0.5, 0.6) is 0 Å². The molecule has 0 saturated heterocycles. The largest absolute Gasteiger partial charge is 0.135 e. The lowest BCUT2D eigenvalue weighted by Crippen LogP contribution is -1.87. The molecule has 1 heterocycles. The molecule has 9 aromatic rings. The second kappa shape index (κ2) is 8.89. The normalized spacial score (nSPS) is 12.3. The third-order valence-electron chi connectivity index (χ3n) is 9.12. The highest BCUT2D eigenvalue weighted by atomic mass is 32.1. The molecule has 0 fully saturated rings. The van der Waals surface area contributed by atoms with Crippen LogP contribution in [0.4, 0.5) is 0 Å². The van der Waals surface area contributed by atoms with Gasteiger partial charge in [-0.3, -0.25) is 0 Å². The Morgan fingerprint density at radius 1 is 0.429 bits per heavy atom. The van der Waals surface area contributed by atoms with Crippen molar-refractivity contribution in [3.05, 3.63) is 133 Å². The van der Waals surface area contributed by atoms with Gasteiger partial charge in [-0.05, 0) is 113 Å². The molecule has 0 spiro atoms. The SMILES string of the molecule is CC(C)c1cc2ccc3cc(-c4ccc5cc(-c6cc7ccccc7c7ccccc67)ccc5c4)cc4sc(c1)c2c34. The van der Waals surface area contributed by atoms with E-state index in [9.17, 15) is 0 Å². The van der Waals surface area contributed by atoms with Crippen molar-refractivity contribution in [3.8, 4) is 22.3 Å². The average Bonchev–Trinajstić information content (AvgIpc) is 3.41. The number of hydrogen-bond acceptors (Lipinski definition) is 1. The summed E-state index contributed by atoms with van der Waals surface area (Å²) < 4.78 is 2.78. The topological polar surface area (TPSA) is 0 Å². The van der Waals surface area contributed by atoms with Gasteiger partial charge >= 0.3 is 0 Å². The molecule has 0 radical (unpaired) electrons. The molecule has 198 valence electrons. The Labute approximate surface area is 248 Å². The van der Waals surface area contributed by atoms with Crippen LogP contribution in [0.2, 0.25) is 0 Å². The Bertz CT molecular complexity index is 2490. The molecule has 0 atom stereocenters. The molecule has 1 aromatic heterocycles. The summed E-state index contributed by atoms with van der Waals surface area (Å²) >= 11 is 1.94. The number of rotatable bonds is 3. The minimum atomic E-state index is 0.527. The van der Waals surface area contributed by atoms with Crippen molar-refractivity contribution >= 4 is 74.6 Å². The van der Waals surface area contributed by atoms with Crippen molar-refractivity contribution in [1.82, 2.24) is 0 Å². The van der Waals surface area contributed by atoms with Crippen molar-refractivity contribution in [3.63, 3.8) is 0 Å². The third-order valence-corrected chi connectivity index (χ3v) is 10.2. The van der Waals surface area contributed by atoms with Crippen LogP contribution in [0.3, 0.4) is 0 Å². The van der Waals surface area contributed by atoms with Crippen molar-refractivity contribution < 1.29 is 0 Å². The molecule has 0 unspecified atom stereocenters. The van der Waals surface area contributed by atoms with E-state index in [0.29, 0.717) is 5.92 Å². The van der Waals surface area contributed by atoms with Gasteiger partial charge in [0.1, 0.15) is 0 Å². The molecule has 1 heteroatoms. The summed E-state index contributed by atoms with van der Waals surface area (Å²) in [6, 6.07) is 47.9. The Morgan fingerprint density at radius 2 is 1.02 bits per heavy atom. The van der Waals surface area contributed by atoms with E-state index in [-0.39, 0.29) is 0 Å². The van der Waals surface area contributed by atoms with E-state index in [1.807, 2.05) is 11.3 Å². The summed E-state index contributed by atoms with van der Waals surface area (Å²) in [5.74, 6) is 0.527. The summed E-state index contributed by atoms with van der Waals surface area (Å²) in [5.41, 5.74) is 6.52. The van der Waals surface area contributed by atoms with E-state index >= 15 is 0 Å². The first-order valence-corrected chi connectivity index (χ1v) is 15.6. The summed E-state index contributed by atoms with van der Waals surface area (Å²) in [7, 11) is 0. The van der Waals surface area contributed by atoms with Crippen molar-refractivity contribution in [2.75, 3.05) is 0 Å². The van der Waals surface area contributed by atoms with E-state index in [1.54, 1.807) is 0 Å². The first-order chi connectivity index (χ1) is 20.6. The first-order valence-electron chi connectivity index (χ1n) is 14.8. The molecule has 0 bridgehead atoms. The minimum Gasteiger partial charge on any atom is -0.135 e. The van der Waals surface area contributed by atoms with E-state index in [4.69, 9.17) is 0 Å². The summed E-state index contributed by atoms with van der Waals surface area (Å²) in [4.78, 5) is 0. The van der Waals surface area contributed by atoms with Crippen molar-refractivity contribution in [2.45, 2.75) is 19.8 Å². The van der Waals surface area contributed by atoms with Gasteiger partial charge in [0.05, 0.1) is 0 Å².